The number of carbonyl (C=O) groups is 1. The van der Waals surface area contributed by atoms with Crippen molar-refractivity contribution in [3.8, 4) is 5.75 Å². The van der Waals surface area contributed by atoms with E-state index in [4.69, 9.17) is 9.47 Å². The van der Waals surface area contributed by atoms with Crippen LogP contribution in [0.15, 0.2) is 47.4 Å². The molecule has 4 rings (SSSR count). The maximum absolute atomic E-state index is 13.3. The zero-order chi connectivity index (χ0) is 23.6. The number of para-hydroxylation sites is 1. The molecule has 1 atom stereocenters. The summed E-state index contributed by atoms with van der Waals surface area (Å²) in [5.41, 5.74) is 2.88. The summed E-state index contributed by atoms with van der Waals surface area (Å²) in [4.78, 5) is 16.6. The first-order chi connectivity index (χ1) is 15.8. The fourth-order valence-corrected chi connectivity index (χ4v) is 5.69. The van der Waals surface area contributed by atoms with Gasteiger partial charge in [-0.1, -0.05) is 18.2 Å². The van der Waals surface area contributed by atoms with Gasteiger partial charge in [0.15, 0.2) is 5.78 Å². The number of ether oxygens (including phenoxy) is 2. The van der Waals surface area contributed by atoms with Crippen molar-refractivity contribution in [2.24, 2.45) is 0 Å². The highest BCUT2D eigenvalue weighted by atomic mass is 32.2. The molecule has 1 aliphatic rings. The number of sulfonamides is 1. The fourth-order valence-electron chi connectivity index (χ4n) is 4.13. The minimum absolute atomic E-state index is 0.0728. The molecule has 0 aliphatic carbocycles. The van der Waals surface area contributed by atoms with Crippen LogP contribution in [0.2, 0.25) is 0 Å². The molecule has 33 heavy (non-hydrogen) atoms. The Hall–Kier alpha value is -2.88. The molecule has 1 fully saturated rings. The first kappa shape index (κ1) is 23.3. The topological polar surface area (TPSA) is 101 Å². The van der Waals surface area contributed by atoms with Crippen LogP contribution in [0.4, 0.5) is 5.69 Å². The van der Waals surface area contributed by atoms with Gasteiger partial charge in [-0.25, -0.2) is 8.42 Å². The molecule has 1 saturated heterocycles. The van der Waals surface area contributed by atoms with E-state index in [1.807, 2.05) is 38.1 Å². The number of morpholine rings is 1. The van der Waals surface area contributed by atoms with Crippen LogP contribution >= 0.6 is 0 Å². The van der Waals surface area contributed by atoms with E-state index in [1.165, 1.54) is 4.31 Å². The molecular weight excluding hydrogens is 442 g/mol. The molecule has 176 valence electrons. The first-order valence-corrected chi connectivity index (χ1v) is 12.5. The van der Waals surface area contributed by atoms with Crippen molar-refractivity contribution >= 4 is 32.4 Å². The highest BCUT2D eigenvalue weighted by molar-refractivity contribution is 7.89. The van der Waals surface area contributed by atoms with E-state index in [-0.39, 0.29) is 10.7 Å². The second-order valence-electron chi connectivity index (χ2n) is 8.01. The summed E-state index contributed by atoms with van der Waals surface area (Å²) in [5.74, 6) is 0.220. The number of ketones is 1. The molecule has 8 nitrogen and oxygen atoms in total. The Morgan fingerprint density at radius 2 is 1.94 bits per heavy atom. The number of Topliss-reactive ketones (excluding diaryl/α,β-unsaturated/α-hetero) is 1. The average Bonchev–Trinajstić information content (AvgIpc) is 3.15. The van der Waals surface area contributed by atoms with E-state index < -0.39 is 16.1 Å². The number of fused-ring (bicyclic) bond motifs is 1. The lowest BCUT2D eigenvalue weighted by Gasteiger charge is -2.27. The smallest absolute Gasteiger partial charge is 0.246 e. The van der Waals surface area contributed by atoms with E-state index in [2.05, 4.69) is 10.3 Å². The second-order valence-corrected chi connectivity index (χ2v) is 9.92. The lowest BCUT2D eigenvalue weighted by Crippen LogP contribution is -2.40. The van der Waals surface area contributed by atoms with Gasteiger partial charge in [-0.3, -0.25) is 4.79 Å². The average molecular weight is 472 g/mol. The van der Waals surface area contributed by atoms with Crippen molar-refractivity contribution in [1.29, 1.82) is 0 Å². The van der Waals surface area contributed by atoms with Crippen LogP contribution in [0.1, 0.15) is 29.9 Å². The van der Waals surface area contributed by atoms with Gasteiger partial charge < -0.3 is 19.8 Å². The van der Waals surface area contributed by atoms with Crippen LogP contribution in [-0.4, -0.2) is 62.4 Å². The number of nitrogens with zero attached hydrogens (tertiary/aromatic N) is 1. The minimum atomic E-state index is -3.77. The zero-order valence-electron chi connectivity index (χ0n) is 19.1. The number of aromatic amines is 1. The summed E-state index contributed by atoms with van der Waals surface area (Å²) in [6.07, 6.45) is 0. The van der Waals surface area contributed by atoms with Gasteiger partial charge in [0.1, 0.15) is 10.6 Å². The van der Waals surface area contributed by atoms with Crippen LogP contribution in [-0.2, 0) is 14.8 Å². The van der Waals surface area contributed by atoms with Gasteiger partial charge in [-0.15, -0.1) is 0 Å². The Balaban J connectivity index is 1.63. The molecule has 0 amide bonds. The molecule has 2 N–H and O–H groups in total. The maximum Gasteiger partial charge on any atom is 0.246 e. The Bertz CT molecular complexity index is 1260. The van der Waals surface area contributed by atoms with Gasteiger partial charge in [-0.05, 0) is 45.0 Å². The minimum Gasteiger partial charge on any atom is -0.492 e. The Morgan fingerprint density at radius 3 is 2.67 bits per heavy atom. The van der Waals surface area contributed by atoms with Gasteiger partial charge in [0.25, 0.3) is 0 Å². The number of aromatic nitrogens is 1. The Kier molecular flexibility index (Phi) is 6.73. The van der Waals surface area contributed by atoms with Crippen molar-refractivity contribution in [3.63, 3.8) is 0 Å². The van der Waals surface area contributed by atoms with Crippen LogP contribution in [0.25, 0.3) is 10.9 Å². The molecular formula is C24H29N3O5S. The van der Waals surface area contributed by atoms with E-state index in [0.29, 0.717) is 49.9 Å². The number of aryl methyl sites for hydroxylation is 1. The number of hydrogen-bond acceptors (Lipinski definition) is 6. The van der Waals surface area contributed by atoms with Gasteiger partial charge >= 0.3 is 0 Å². The van der Waals surface area contributed by atoms with Crippen molar-refractivity contribution in [1.82, 2.24) is 9.29 Å². The van der Waals surface area contributed by atoms with Crippen molar-refractivity contribution < 1.29 is 22.7 Å². The van der Waals surface area contributed by atoms with Gasteiger partial charge in [-0.2, -0.15) is 4.31 Å². The normalized spacial score (nSPS) is 16.0. The van der Waals surface area contributed by atoms with Crippen molar-refractivity contribution in [2.75, 3.05) is 38.2 Å². The third-order valence-corrected chi connectivity index (χ3v) is 7.67. The van der Waals surface area contributed by atoms with E-state index >= 15 is 0 Å². The van der Waals surface area contributed by atoms with E-state index in [9.17, 15) is 13.2 Å². The Labute approximate surface area is 193 Å². The van der Waals surface area contributed by atoms with E-state index in [0.717, 1.165) is 16.6 Å². The highest BCUT2D eigenvalue weighted by Crippen LogP contribution is 2.31. The molecule has 9 heteroatoms. The molecule has 2 aromatic carbocycles. The van der Waals surface area contributed by atoms with Gasteiger partial charge in [0, 0.05) is 40.9 Å². The summed E-state index contributed by atoms with van der Waals surface area (Å²) in [5, 5.41) is 4.05. The number of rotatable bonds is 8. The monoisotopic (exact) mass is 471 g/mol. The van der Waals surface area contributed by atoms with Crippen molar-refractivity contribution in [2.45, 2.75) is 31.7 Å². The zero-order valence-corrected chi connectivity index (χ0v) is 19.9. The lowest BCUT2D eigenvalue weighted by atomic mass is 10.0. The number of hydrogen-bond donors (Lipinski definition) is 2. The van der Waals surface area contributed by atoms with Crippen LogP contribution in [0, 0.1) is 6.92 Å². The van der Waals surface area contributed by atoms with Crippen LogP contribution < -0.4 is 10.1 Å². The Morgan fingerprint density at radius 1 is 1.21 bits per heavy atom. The molecule has 0 unspecified atom stereocenters. The summed E-state index contributed by atoms with van der Waals surface area (Å²) in [7, 11) is -3.77. The number of anilines is 1. The van der Waals surface area contributed by atoms with Crippen molar-refractivity contribution in [3.05, 3.63) is 53.7 Å². The summed E-state index contributed by atoms with van der Waals surface area (Å²) in [6.45, 7) is 7.10. The first-order valence-electron chi connectivity index (χ1n) is 11.1. The van der Waals surface area contributed by atoms with Gasteiger partial charge in [0.2, 0.25) is 10.0 Å². The number of H-pyrrole nitrogens is 1. The highest BCUT2D eigenvalue weighted by Gasteiger charge is 2.30. The molecule has 0 spiro atoms. The molecule has 2 heterocycles. The number of carbonyl (C=O) groups excluding carboxylic acids is 1. The van der Waals surface area contributed by atoms with E-state index in [1.54, 1.807) is 25.1 Å². The third-order valence-electron chi connectivity index (χ3n) is 5.75. The second kappa shape index (κ2) is 9.54. The van der Waals surface area contributed by atoms with Crippen LogP contribution in [0.5, 0.6) is 5.75 Å². The predicted molar refractivity (Wildman–Crippen MR) is 128 cm³/mol. The summed E-state index contributed by atoms with van der Waals surface area (Å²) < 4.78 is 39.0. The maximum atomic E-state index is 13.3. The largest absolute Gasteiger partial charge is 0.492 e. The number of nitrogens with one attached hydrogen (secondary N) is 2. The van der Waals surface area contributed by atoms with Crippen LogP contribution in [0.3, 0.4) is 0 Å². The molecule has 0 radical (unpaired) electrons. The molecule has 3 aromatic rings. The SMILES string of the molecule is CCOc1ccc(N[C@H](C)C(=O)c2c(C)[nH]c3ccccc23)cc1S(=O)(=O)N1CCOCC1. The summed E-state index contributed by atoms with van der Waals surface area (Å²) >= 11 is 0. The number of benzene rings is 2. The molecule has 0 bridgehead atoms. The summed E-state index contributed by atoms with van der Waals surface area (Å²) in [6, 6.07) is 12.0. The fraction of sp³-hybridized carbons (Fsp3) is 0.375. The standard InChI is InChI=1S/C24H29N3O5S/c1-4-32-21-10-9-18(15-22(21)33(29,30)27-11-13-31-14-12-27)25-17(3)24(28)23-16(2)26-20-8-6-5-7-19(20)23/h5-10,15,17,25-26H,4,11-14H2,1-3H3/t17-/m1/s1. The third kappa shape index (κ3) is 4.62. The predicted octanol–water partition coefficient (Wildman–Crippen LogP) is 3.58. The van der Waals surface area contributed by atoms with Gasteiger partial charge in [0.05, 0.1) is 25.9 Å². The quantitative estimate of drug-likeness (QED) is 0.487. The molecule has 0 saturated carbocycles. The molecule has 1 aromatic heterocycles. The lowest BCUT2D eigenvalue weighted by molar-refractivity contribution is 0.0729. The molecule has 1 aliphatic heterocycles.